The zero-order chi connectivity index (χ0) is 12.7. The Morgan fingerprint density at radius 1 is 1.39 bits per heavy atom. The van der Waals surface area contributed by atoms with Gasteiger partial charge in [-0.1, -0.05) is 0 Å². The molecule has 0 aromatic carbocycles. The Bertz CT molecular complexity index is 593. The van der Waals surface area contributed by atoms with Crippen LogP contribution in [0.15, 0.2) is 57.2 Å². The lowest BCUT2D eigenvalue weighted by molar-refractivity contribution is -0.115. The first-order valence-corrected chi connectivity index (χ1v) is 6.25. The predicted molar refractivity (Wildman–Crippen MR) is 69.1 cm³/mol. The van der Waals surface area contributed by atoms with Crippen molar-refractivity contribution in [1.82, 2.24) is 0 Å². The van der Waals surface area contributed by atoms with E-state index in [1.165, 1.54) is 0 Å². The summed E-state index contributed by atoms with van der Waals surface area (Å²) in [7, 11) is 0. The van der Waals surface area contributed by atoms with Crippen LogP contribution >= 0.6 is 15.9 Å². The van der Waals surface area contributed by atoms with Gasteiger partial charge in [-0.3, -0.25) is 4.79 Å². The van der Waals surface area contributed by atoms with Gasteiger partial charge in [-0.15, -0.1) is 0 Å². The molecule has 18 heavy (non-hydrogen) atoms. The van der Waals surface area contributed by atoms with Crippen LogP contribution in [0.1, 0.15) is 6.42 Å². The smallest absolute Gasteiger partial charge is 0.248 e. The number of hydrogen-bond donors (Lipinski definition) is 1. The maximum absolute atomic E-state index is 11.1. The Morgan fingerprint density at radius 3 is 3.00 bits per heavy atom. The van der Waals surface area contributed by atoms with Crippen molar-refractivity contribution in [1.29, 1.82) is 0 Å². The zero-order valence-electron chi connectivity index (χ0n) is 9.40. The molecule has 3 rings (SSSR count). The summed E-state index contributed by atoms with van der Waals surface area (Å²) in [5, 5.41) is 0. The van der Waals surface area contributed by atoms with Gasteiger partial charge in [-0.05, 0) is 46.2 Å². The molecule has 5 heteroatoms. The van der Waals surface area contributed by atoms with Gasteiger partial charge < -0.3 is 15.2 Å². The first-order chi connectivity index (χ1) is 8.65. The number of hydrogen-bond acceptors (Lipinski definition) is 3. The lowest BCUT2D eigenvalue weighted by Gasteiger charge is -2.27. The van der Waals surface area contributed by atoms with E-state index >= 15 is 0 Å². The van der Waals surface area contributed by atoms with Crippen molar-refractivity contribution in [2.45, 2.75) is 6.42 Å². The van der Waals surface area contributed by atoms with E-state index in [9.17, 15) is 4.79 Å². The molecule has 1 amide bonds. The van der Waals surface area contributed by atoms with E-state index in [0.29, 0.717) is 12.0 Å². The third-order valence-corrected chi connectivity index (χ3v) is 3.34. The molecule has 4 nitrogen and oxygen atoms in total. The van der Waals surface area contributed by atoms with Crippen LogP contribution in [0, 0.1) is 0 Å². The number of halogens is 1. The molecule has 0 fully saturated rings. The standard InChI is InChI=1S/C13H10BrNO3/c14-9-4-10-11(17-6-9)2-1-7-3-8(13(15)16)5-18-12(7)10/h2-4,6H,1,5H2,(H2,15,16). The quantitative estimate of drug-likeness (QED) is 0.807. The average Bonchev–Trinajstić information content (AvgIpc) is 2.37. The van der Waals surface area contributed by atoms with Crippen molar-refractivity contribution in [3.8, 4) is 0 Å². The second-order valence-corrected chi connectivity index (χ2v) is 5.04. The van der Waals surface area contributed by atoms with Gasteiger partial charge >= 0.3 is 0 Å². The SMILES string of the molecule is NC(=O)C1=CC2=C(OC1)C1=CC(Br)=COC1=CC2. The summed E-state index contributed by atoms with van der Waals surface area (Å²) in [6.07, 6.45) is 8.01. The van der Waals surface area contributed by atoms with Gasteiger partial charge in [0.25, 0.3) is 0 Å². The summed E-state index contributed by atoms with van der Waals surface area (Å²) < 4.78 is 12.0. The van der Waals surface area contributed by atoms with Crippen LogP contribution in [0.2, 0.25) is 0 Å². The van der Waals surface area contributed by atoms with Crippen molar-refractivity contribution in [3.05, 3.63) is 57.2 Å². The van der Waals surface area contributed by atoms with Crippen LogP contribution in [0.5, 0.6) is 0 Å². The van der Waals surface area contributed by atoms with E-state index in [0.717, 1.165) is 27.1 Å². The van der Waals surface area contributed by atoms with E-state index in [1.54, 1.807) is 6.26 Å². The second-order valence-electron chi connectivity index (χ2n) is 4.13. The van der Waals surface area contributed by atoms with E-state index in [2.05, 4.69) is 15.9 Å². The summed E-state index contributed by atoms with van der Waals surface area (Å²) >= 11 is 3.37. The number of fused-ring (bicyclic) bond motifs is 2. The van der Waals surface area contributed by atoms with Crippen molar-refractivity contribution in [2.75, 3.05) is 6.61 Å². The maximum atomic E-state index is 11.1. The molecule has 1 aliphatic carbocycles. The van der Waals surface area contributed by atoms with Crippen LogP contribution in [-0.2, 0) is 14.3 Å². The van der Waals surface area contributed by atoms with Gasteiger partial charge in [0, 0.05) is 0 Å². The van der Waals surface area contributed by atoms with Gasteiger partial charge in [0.15, 0.2) is 0 Å². The topological polar surface area (TPSA) is 61.6 Å². The first kappa shape index (κ1) is 11.3. The molecule has 0 radical (unpaired) electrons. The van der Waals surface area contributed by atoms with Gasteiger partial charge in [0.1, 0.15) is 24.4 Å². The van der Waals surface area contributed by atoms with Gasteiger partial charge in [0.2, 0.25) is 5.91 Å². The minimum absolute atomic E-state index is 0.208. The molecule has 2 heterocycles. The molecule has 2 N–H and O–H groups in total. The Morgan fingerprint density at radius 2 is 2.22 bits per heavy atom. The Kier molecular flexibility index (Phi) is 2.63. The third kappa shape index (κ3) is 1.80. The van der Waals surface area contributed by atoms with E-state index in [4.69, 9.17) is 15.2 Å². The molecular formula is C13H10BrNO3. The van der Waals surface area contributed by atoms with Gasteiger partial charge in [0.05, 0.1) is 15.6 Å². The minimum Gasteiger partial charge on any atom is -0.488 e. The summed E-state index contributed by atoms with van der Waals surface area (Å²) in [4.78, 5) is 11.1. The Labute approximate surface area is 112 Å². The van der Waals surface area contributed by atoms with Crippen molar-refractivity contribution >= 4 is 21.8 Å². The third-order valence-electron chi connectivity index (χ3n) is 2.93. The molecule has 0 saturated carbocycles. The second kappa shape index (κ2) is 4.17. The number of primary amides is 1. The van der Waals surface area contributed by atoms with Crippen LogP contribution in [-0.4, -0.2) is 12.5 Å². The van der Waals surface area contributed by atoms with Crippen LogP contribution in [0.4, 0.5) is 0 Å². The monoisotopic (exact) mass is 307 g/mol. The van der Waals surface area contributed by atoms with Crippen LogP contribution in [0.3, 0.4) is 0 Å². The number of carbonyl (C=O) groups is 1. The molecule has 3 aliphatic rings. The minimum atomic E-state index is -0.439. The highest BCUT2D eigenvalue weighted by Crippen LogP contribution is 2.38. The highest BCUT2D eigenvalue weighted by molar-refractivity contribution is 9.11. The largest absolute Gasteiger partial charge is 0.488 e. The first-order valence-electron chi connectivity index (χ1n) is 5.46. The fourth-order valence-electron chi connectivity index (χ4n) is 2.07. The normalized spacial score (nSPS) is 21.4. The molecule has 92 valence electrons. The molecular weight excluding hydrogens is 298 g/mol. The molecule has 2 aliphatic heterocycles. The zero-order valence-corrected chi connectivity index (χ0v) is 11.0. The number of amides is 1. The van der Waals surface area contributed by atoms with E-state index in [1.807, 2.05) is 18.2 Å². The lowest BCUT2D eigenvalue weighted by atomic mass is 9.93. The van der Waals surface area contributed by atoms with Crippen LogP contribution in [0.25, 0.3) is 0 Å². The number of nitrogens with two attached hydrogens (primary N) is 1. The van der Waals surface area contributed by atoms with Crippen LogP contribution < -0.4 is 5.73 Å². The summed E-state index contributed by atoms with van der Waals surface area (Å²) in [5.41, 5.74) is 7.61. The van der Waals surface area contributed by atoms with Crippen molar-refractivity contribution in [3.63, 3.8) is 0 Å². The fourth-order valence-corrected chi connectivity index (χ4v) is 2.39. The molecule has 0 bridgehead atoms. The molecule has 0 atom stereocenters. The van der Waals surface area contributed by atoms with Gasteiger partial charge in [-0.2, -0.15) is 0 Å². The Balaban J connectivity index is 2.04. The summed E-state index contributed by atoms with van der Waals surface area (Å²) in [5.74, 6) is 1.11. The Hall–Kier alpha value is -1.75. The number of allylic oxidation sites excluding steroid dienone is 5. The molecule has 0 saturated heterocycles. The number of carbonyl (C=O) groups excluding carboxylic acids is 1. The van der Waals surface area contributed by atoms with Gasteiger partial charge in [-0.25, -0.2) is 0 Å². The number of rotatable bonds is 1. The molecule has 0 spiro atoms. The van der Waals surface area contributed by atoms with E-state index in [-0.39, 0.29) is 6.61 Å². The average molecular weight is 308 g/mol. The highest BCUT2D eigenvalue weighted by Gasteiger charge is 2.27. The van der Waals surface area contributed by atoms with Crippen molar-refractivity contribution < 1.29 is 14.3 Å². The highest BCUT2D eigenvalue weighted by atomic mass is 79.9. The number of ether oxygens (including phenoxy) is 2. The molecule has 0 unspecified atom stereocenters. The van der Waals surface area contributed by atoms with Crippen molar-refractivity contribution in [2.24, 2.45) is 5.73 Å². The summed E-state index contributed by atoms with van der Waals surface area (Å²) in [6.45, 7) is 0.208. The fraction of sp³-hybridized carbons (Fsp3) is 0.154. The van der Waals surface area contributed by atoms with E-state index < -0.39 is 5.91 Å². The molecule has 0 aromatic rings. The molecule has 0 aromatic heterocycles. The lowest BCUT2D eigenvalue weighted by Crippen LogP contribution is -2.22. The predicted octanol–water partition coefficient (Wildman–Crippen LogP) is 2.16. The summed E-state index contributed by atoms with van der Waals surface area (Å²) in [6, 6.07) is 0. The maximum Gasteiger partial charge on any atom is 0.248 e.